The first kappa shape index (κ1) is 14.3. The number of ether oxygens (including phenoxy) is 1. The minimum atomic E-state index is -0.522. The third-order valence-electron chi connectivity index (χ3n) is 4.32. The van der Waals surface area contributed by atoms with Crippen LogP contribution in [0.1, 0.15) is 70.6 Å². The predicted octanol–water partition coefficient (Wildman–Crippen LogP) is 2.97. The topological polar surface area (TPSA) is 41.5 Å². The highest BCUT2D eigenvalue weighted by molar-refractivity contribution is 4.74. The summed E-state index contributed by atoms with van der Waals surface area (Å²) in [5.41, 5.74) is 0. The van der Waals surface area contributed by atoms with Crippen molar-refractivity contribution in [3.05, 3.63) is 0 Å². The van der Waals surface area contributed by atoms with Gasteiger partial charge >= 0.3 is 0 Å². The third kappa shape index (κ3) is 5.25. The Kier molecular flexibility index (Phi) is 6.46. The molecule has 0 aromatic carbocycles. The first-order chi connectivity index (χ1) is 8.84. The van der Waals surface area contributed by atoms with Gasteiger partial charge in [-0.2, -0.15) is 0 Å². The summed E-state index contributed by atoms with van der Waals surface area (Å²) in [5, 5.41) is 13.2. The molecule has 1 saturated carbocycles. The van der Waals surface area contributed by atoms with Crippen molar-refractivity contribution in [2.24, 2.45) is 0 Å². The molecule has 18 heavy (non-hydrogen) atoms. The molecule has 0 aromatic rings. The molecule has 0 spiro atoms. The van der Waals surface area contributed by atoms with E-state index in [1.54, 1.807) is 0 Å². The highest BCUT2D eigenvalue weighted by Gasteiger charge is 2.21. The molecule has 0 radical (unpaired) electrons. The fourth-order valence-corrected chi connectivity index (χ4v) is 3.16. The van der Waals surface area contributed by atoms with Gasteiger partial charge in [-0.3, -0.25) is 0 Å². The quantitative estimate of drug-likeness (QED) is 0.814. The lowest BCUT2D eigenvalue weighted by Gasteiger charge is -2.29. The lowest BCUT2D eigenvalue weighted by molar-refractivity contribution is -0.161. The number of hydrogen-bond acceptors (Lipinski definition) is 3. The Bertz CT molecular complexity index is 213. The van der Waals surface area contributed by atoms with Crippen molar-refractivity contribution in [3.8, 4) is 0 Å². The van der Waals surface area contributed by atoms with Gasteiger partial charge in [-0.05, 0) is 32.1 Å². The molecule has 2 N–H and O–H groups in total. The molecular formula is C15H29NO2. The van der Waals surface area contributed by atoms with E-state index in [4.69, 9.17) is 4.74 Å². The summed E-state index contributed by atoms with van der Waals surface area (Å²) >= 11 is 0. The van der Waals surface area contributed by atoms with Crippen molar-refractivity contribution in [1.29, 1.82) is 0 Å². The number of hydrogen-bond donors (Lipinski definition) is 2. The predicted molar refractivity (Wildman–Crippen MR) is 73.5 cm³/mol. The molecule has 1 aliphatic carbocycles. The molecule has 3 nitrogen and oxygen atoms in total. The maximum atomic E-state index is 9.49. The maximum Gasteiger partial charge on any atom is 0.154 e. The molecule has 0 aromatic heterocycles. The van der Waals surface area contributed by atoms with Crippen LogP contribution in [-0.2, 0) is 4.74 Å². The van der Waals surface area contributed by atoms with Gasteiger partial charge in [-0.25, -0.2) is 0 Å². The number of aliphatic hydroxyl groups is 1. The van der Waals surface area contributed by atoms with E-state index >= 15 is 0 Å². The fraction of sp³-hybridized carbons (Fsp3) is 1.00. The molecule has 2 atom stereocenters. The van der Waals surface area contributed by atoms with E-state index in [0.717, 1.165) is 25.8 Å². The summed E-state index contributed by atoms with van der Waals surface area (Å²) in [7, 11) is 0. The molecule has 1 saturated heterocycles. The second-order valence-corrected chi connectivity index (χ2v) is 5.95. The third-order valence-corrected chi connectivity index (χ3v) is 4.32. The Morgan fingerprint density at radius 1 is 0.833 bits per heavy atom. The van der Waals surface area contributed by atoms with Gasteiger partial charge in [0.1, 0.15) is 0 Å². The summed E-state index contributed by atoms with van der Waals surface area (Å²) in [4.78, 5) is 0. The maximum absolute atomic E-state index is 9.49. The van der Waals surface area contributed by atoms with E-state index in [1.165, 1.54) is 51.4 Å². The van der Waals surface area contributed by atoms with Gasteiger partial charge in [0.25, 0.3) is 0 Å². The molecule has 2 fully saturated rings. The second kappa shape index (κ2) is 8.13. The summed E-state index contributed by atoms with van der Waals surface area (Å²) in [6.45, 7) is 0.918. The lowest BCUT2D eigenvalue weighted by atomic mass is 10.0. The normalized spacial score (nSPS) is 32.5. The van der Waals surface area contributed by atoms with Crippen LogP contribution < -0.4 is 5.32 Å². The number of nitrogens with one attached hydrogen (secondary N) is 1. The Balaban J connectivity index is 1.66. The van der Waals surface area contributed by atoms with Gasteiger partial charge in [0, 0.05) is 12.6 Å². The number of rotatable bonds is 3. The molecule has 2 aliphatic rings. The molecule has 1 aliphatic heterocycles. The Labute approximate surface area is 111 Å². The van der Waals surface area contributed by atoms with Crippen LogP contribution in [0, 0.1) is 0 Å². The summed E-state index contributed by atoms with van der Waals surface area (Å²) in [5.74, 6) is 0. The van der Waals surface area contributed by atoms with E-state index in [-0.39, 0.29) is 6.10 Å². The number of aliphatic hydroxyl groups excluding tert-OH is 1. The monoisotopic (exact) mass is 255 g/mol. The van der Waals surface area contributed by atoms with Crippen molar-refractivity contribution in [2.75, 3.05) is 6.54 Å². The van der Waals surface area contributed by atoms with E-state index in [1.807, 2.05) is 0 Å². The van der Waals surface area contributed by atoms with E-state index in [0.29, 0.717) is 6.04 Å². The van der Waals surface area contributed by atoms with E-state index in [2.05, 4.69) is 5.32 Å². The smallest absolute Gasteiger partial charge is 0.154 e. The molecule has 3 heteroatoms. The van der Waals surface area contributed by atoms with Gasteiger partial charge in [-0.1, -0.05) is 38.5 Å². The summed E-state index contributed by atoms with van der Waals surface area (Å²) in [6, 6.07) is 0.672. The van der Waals surface area contributed by atoms with Crippen molar-refractivity contribution < 1.29 is 9.84 Å². The zero-order valence-electron chi connectivity index (χ0n) is 11.6. The Hall–Kier alpha value is -0.120. The largest absolute Gasteiger partial charge is 0.368 e. The van der Waals surface area contributed by atoms with Gasteiger partial charge in [0.2, 0.25) is 0 Å². The Morgan fingerprint density at radius 2 is 1.50 bits per heavy atom. The molecule has 1 heterocycles. The molecule has 2 unspecified atom stereocenters. The molecule has 2 rings (SSSR count). The Morgan fingerprint density at radius 3 is 2.17 bits per heavy atom. The van der Waals surface area contributed by atoms with Crippen LogP contribution >= 0.6 is 0 Å². The highest BCUT2D eigenvalue weighted by atomic mass is 16.6. The van der Waals surface area contributed by atoms with E-state index in [9.17, 15) is 5.11 Å². The standard InChI is InChI=1S/C15H29NO2/c17-15-11-7-10-14(18-15)12-16-13-8-5-3-1-2-4-6-9-13/h13-17H,1-12H2. The zero-order valence-corrected chi connectivity index (χ0v) is 11.6. The minimum Gasteiger partial charge on any atom is -0.368 e. The van der Waals surface area contributed by atoms with Gasteiger partial charge in [0.15, 0.2) is 6.29 Å². The van der Waals surface area contributed by atoms with Crippen molar-refractivity contribution in [1.82, 2.24) is 5.32 Å². The van der Waals surface area contributed by atoms with Gasteiger partial charge in [-0.15, -0.1) is 0 Å². The average Bonchev–Trinajstić information content (AvgIpc) is 2.50. The van der Waals surface area contributed by atoms with Crippen LogP contribution in [0.3, 0.4) is 0 Å². The molecule has 0 amide bonds. The molecule has 106 valence electrons. The van der Waals surface area contributed by atoms with E-state index < -0.39 is 6.29 Å². The van der Waals surface area contributed by atoms with Crippen LogP contribution in [-0.4, -0.2) is 30.1 Å². The van der Waals surface area contributed by atoms with Gasteiger partial charge in [0.05, 0.1) is 6.10 Å². The van der Waals surface area contributed by atoms with Crippen LogP contribution in [0.25, 0.3) is 0 Å². The summed E-state index contributed by atoms with van der Waals surface area (Å²) in [6.07, 6.45) is 13.7. The van der Waals surface area contributed by atoms with Crippen LogP contribution in [0.5, 0.6) is 0 Å². The SMILES string of the molecule is OC1CCCC(CNC2CCCCCCCC2)O1. The molecular weight excluding hydrogens is 226 g/mol. The van der Waals surface area contributed by atoms with Crippen LogP contribution in [0.2, 0.25) is 0 Å². The fourth-order valence-electron chi connectivity index (χ4n) is 3.16. The van der Waals surface area contributed by atoms with Crippen molar-refractivity contribution in [3.63, 3.8) is 0 Å². The average molecular weight is 255 g/mol. The first-order valence-corrected chi connectivity index (χ1v) is 7.91. The van der Waals surface area contributed by atoms with Crippen LogP contribution in [0.15, 0.2) is 0 Å². The summed E-state index contributed by atoms with van der Waals surface area (Å²) < 4.78 is 5.55. The van der Waals surface area contributed by atoms with Crippen molar-refractivity contribution >= 4 is 0 Å². The van der Waals surface area contributed by atoms with Gasteiger partial charge < -0.3 is 15.2 Å². The molecule has 0 bridgehead atoms. The van der Waals surface area contributed by atoms with Crippen molar-refractivity contribution in [2.45, 2.75) is 89.1 Å². The first-order valence-electron chi connectivity index (χ1n) is 7.91. The minimum absolute atomic E-state index is 0.223. The zero-order chi connectivity index (χ0) is 12.6. The second-order valence-electron chi connectivity index (χ2n) is 5.95. The lowest BCUT2D eigenvalue weighted by Crippen LogP contribution is -2.40. The van der Waals surface area contributed by atoms with Crippen LogP contribution in [0.4, 0.5) is 0 Å². The highest BCUT2D eigenvalue weighted by Crippen LogP contribution is 2.19.